The predicted octanol–water partition coefficient (Wildman–Crippen LogP) is 0.363. The molecule has 1 fully saturated rings. The largest absolute Gasteiger partial charge is 0.309 e. The highest BCUT2D eigenvalue weighted by atomic mass is 16.1. The maximum Gasteiger partial charge on any atom is 0.264 e. The van der Waals surface area contributed by atoms with Crippen LogP contribution in [0.4, 0.5) is 0 Å². The van der Waals surface area contributed by atoms with E-state index in [-0.39, 0.29) is 5.56 Å². The summed E-state index contributed by atoms with van der Waals surface area (Å²) in [6.45, 7) is 0. The molecule has 15 heavy (non-hydrogen) atoms. The lowest BCUT2D eigenvalue weighted by molar-refractivity contribution is 0.741. The lowest BCUT2D eigenvalue weighted by Crippen LogP contribution is -2.07. The molecule has 2 aromatic rings. The lowest BCUT2D eigenvalue weighted by Gasteiger charge is -2.02. The van der Waals surface area contributed by atoms with Crippen LogP contribution in [0, 0.1) is 0 Å². The molecule has 1 saturated carbocycles. The molecule has 1 aliphatic rings. The summed E-state index contributed by atoms with van der Waals surface area (Å²) in [5, 5.41) is 14.2. The van der Waals surface area contributed by atoms with Crippen molar-refractivity contribution in [1.29, 1.82) is 0 Å². The number of rotatable bonds is 2. The van der Waals surface area contributed by atoms with E-state index in [2.05, 4.69) is 20.4 Å². The molecule has 0 radical (unpaired) electrons. The summed E-state index contributed by atoms with van der Waals surface area (Å²) in [7, 11) is 0. The summed E-state index contributed by atoms with van der Waals surface area (Å²) in [5.74, 6) is 0.716. The molecule has 0 aliphatic heterocycles. The zero-order chi connectivity index (χ0) is 10.3. The summed E-state index contributed by atoms with van der Waals surface area (Å²) in [6.07, 6.45) is 4.03. The van der Waals surface area contributed by atoms with Gasteiger partial charge in [-0.25, -0.2) is 5.10 Å². The maximum atomic E-state index is 10.9. The molecule has 1 N–H and O–H groups in total. The molecule has 2 aromatic heterocycles. The van der Waals surface area contributed by atoms with Crippen LogP contribution in [0.3, 0.4) is 0 Å². The first-order chi connectivity index (χ1) is 7.34. The van der Waals surface area contributed by atoms with Gasteiger partial charge < -0.3 is 4.57 Å². The number of nitrogens with zero attached hydrogens (tertiary/aromatic N) is 4. The summed E-state index contributed by atoms with van der Waals surface area (Å²) in [4.78, 5) is 10.9. The fourth-order valence-corrected chi connectivity index (χ4v) is 1.51. The van der Waals surface area contributed by atoms with Gasteiger partial charge in [0.15, 0.2) is 5.82 Å². The quantitative estimate of drug-likeness (QED) is 0.764. The van der Waals surface area contributed by atoms with Gasteiger partial charge in [0.05, 0.1) is 0 Å². The van der Waals surface area contributed by atoms with Crippen LogP contribution in [0.25, 0.3) is 11.5 Å². The molecule has 6 heteroatoms. The fraction of sp³-hybridized carbons (Fsp3) is 0.333. The van der Waals surface area contributed by atoms with Gasteiger partial charge in [0.1, 0.15) is 12.0 Å². The number of hydrogen-bond acceptors (Lipinski definition) is 4. The molecule has 76 valence electrons. The molecule has 0 unspecified atom stereocenters. The molecule has 3 rings (SSSR count). The fourth-order valence-electron chi connectivity index (χ4n) is 1.51. The van der Waals surface area contributed by atoms with Gasteiger partial charge in [-0.3, -0.25) is 4.79 Å². The number of hydrogen-bond donors (Lipinski definition) is 1. The van der Waals surface area contributed by atoms with Gasteiger partial charge in [-0.1, -0.05) is 0 Å². The Morgan fingerprint density at radius 3 is 2.93 bits per heavy atom. The zero-order valence-corrected chi connectivity index (χ0v) is 7.92. The second-order valence-electron chi connectivity index (χ2n) is 3.60. The highest BCUT2D eigenvalue weighted by Crippen LogP contribution is 2.36. The van der Waals surface area contributed by atoms with Crippen LogP contribution in [0.2, 0.25) is 0 Å². The monoisotopic (exact) mass is 203 g/mol. The molecule has 2 heterocycles. The Bertz CT molecular complexity index is 519. The van der Waals surface area contributed by atoms with Crippen molar-refractivity contribution in [3.8, 4) is 11.5 Å². The standard InChI is InChI=1S/C9H9N5O/c15-8-4-3-7(11-12-8)9-13-10-5-14(9)6-1-2-6/h3-6H,1-2H2,(H,12,15). The summed E-state index contributed by atoms with van der Waals surface area (Å²) in [6, 6.07) is 3.60. The van der Waals surface area contributed by atoms with Crippen LogP contribution >= 0.6 is 0 Å². The second kappa shape index (κ2) is 3.01. The van der Waals surface area contributed by atoms with E-state index >= 15 is 0 Å². The third-order valence-electron chi connectivity index (χ3n) is 2.42. The van der Waals surface area contributed by atoms with E-state index in [9.17, 15) is 4.79 Å². The first-order valence-corrected chi connectivity index (χ1v) is 4.80. The number of nitrogens with one attached hydrogen (secondary N) is 1. The summed E-state index contributed by atoms with van der Waals surface area (Å²) >= 11 is 0. The van der Waals surface area contributed by atoms with Crippen molar-refractivity contribution >= 4 is 0 Å². The average Bonchev–Trinajstić information content (AvgIpc) is 2.98. The normalized spacial score (nSPS) is 15.5. The van der Waals surface area contributed by atoms with Crippen LogP contribution in [-0.4, -0.2) is 25.0 Å². The minimum atomic E-state index is -0.212. The Hall–Kier alpha value is -1.98. The summed E-state index contributed by atoms with van der Waals surface area (Å²) < 4.78 is 2.00. The van der Waals surface area contributed by atoms with Crippen molar-refractivity contribution < 1.29 is 0 Å². The molecular weight excluding hydrogens is 194 g/mol. The van der Waals surface area contributed by atoms with Gasteiger partial charge in [0.2, 0.25) is 0 Å². The molecule has 6 nitrogen and oxygen atoms in total. The molecule has 0 atom stereocenters. The minimum absolute atomic E-state index is 0.212. The molecule has 0 spiro atoms. The first-order valence-electron chi connectivity index (χ1n) is 4.80. The molecule has 1 aliphatic carbocycles. The number of aromatic amines is 1. The molecule has 0 amide bonds. The Morgan fingerprint density at radius 2 is 2.27 bits per heavy atom. The van der Waals surface area contributed by atoms with Crippen LogP contribution < -0.4 is 5.56 Å². The highest BCUT2D eigenvalue weighted by Gasteiger charge is 2.26. The molecule has 0 saturated heterocycles. The third kappa shape index (κ3) is 1.43. The summed E-state index contributed by atoms with van der Waals surface area (Å²) in [5.41, 5.74) is 0.440. The van der Waals surface area contributed by atoms with Crippen LogP contribution in [0.15, 0.2) is 23.3 Å². The number of H-pyrrole nitrogens is 1. The van der Waals surface area contributed by atoms with E-state index < -0.39 is 0 Å². The van der Waals surface area contributed by atoms with Gasteiger partial charge in [0, 0.05) is 12.1 Å². The average molecular weight is 203 g/mol. The Kier molecular flexibility index (Phi) is 1.67. The second-order valence-corrected chi connectivity index (χ2v) is 3.60. The van der Waals surface area contributed by atoms with Crippen molar-refractivity contribution in [2.75, 3.05) is 0 Å². The third-order valence-corrected chi connectivity index (χ3v) is 2.42. The minimum Gasteiger partial charge on any atom is -0.309 e. The van der Waals surface area contributed by atoms with E-state index in [0.717, 1.165) is 12.8 Å². The molecule has 0 bridgehead atoms. The zero-order valence-electron chi connectivity index (χ0n) is 7.92. The van der Waals surface area contributed by atoms with Gasteiger partial charge >= 0.3 is 0 Å². The van der Waals surface area contributed by atoms with Gasteiger partial charge in [0.25, 0.3) is 5.56 Å². The Morgan fingerprint density at radius 1 is 1.40 bits per heavy atom. The van der Waals surface area contributed by atoms with Gasteiger partial charge in [-0.2, -0.15) is 5.10 Å². The molecular formula is C9H9N5O. The van der Waals surface area contributed by atoms with Crippen LogP contribution in [0.1, 0.15) is 18.9 Å². The van der Waals surface area contributed by atoms with Crippen LogP contribution in [-0.2, 0) is 0 Å². The van der Waals surface area contributed by atoms with E-state index in [1.807, 2.05) is 4.57 Å². The Labute approximate surface area is 85.0 Å². The van der Waals surface area contributed by atoms with E-state index in [0.29, 0.717) is 17.6 Å². The first kappa shape index (κ1) is 8.34. The maximum absolute atomic E-state index is 10.9. The van der Waals surface area contributed by atoms with E-state index in [4.69, 9.17) is 0 Å². The topological polar surface area (TPSA) is 76.5 Å². The highest BCUT2D eigenvalue weighted by molar-refractivity contribution is 5.47. The van der Waals surface area contributed by atoms with Crippen molar-refractivity contribution in [3.63, 3.8) is 0 Å². The van der Waals surface area contributed by atoms with Crippen molar-refractivity contribution in [2.24, 2.45) is 0 Å². The molecule has 0 aromatic carbocycles. The van der Waals surface area contributed by atoms with Crippen molar-refractivity contribution in [1.82, 2.24) is 25.0 Å². The van der Waals surface area contributed by atoms with E-state index in [1.165, 1.54) is 6.07 Å². The predicted molar refractivity (Wildman–Crippen MR) is 52.1 cm³/mol. The van der Waals surface area contributed by atoms with E-state index in [1.54, 1.807) is 12.4 Å². The lowest BCUT2D eigenvalue weighted by atomic mass is 10.3. The van der Waals surface area contributed by atoms with Gasteiger partial charge in [-0.15, -0.1) is 10.2 Å². The smallest absolute Gasteiger partial charge is 0.264 e. The Balaban J connectivity index is 2.07. The van der Waals surface area contributed by atoms with Crippen LogP contribution in [0.5, 0.6) is 0 Å². The number of aromatic nitrogens is 5. The van der Waals surface area contributed by atoms with Crippen molar-refractivity contribution in [3.05, 3.63) is 28.8 Å². The van der Waals surface area contributed by atoms with Gasteiger partial charge in [-0.05, 0) is 18.9 Å². The SMILES string of the molecule is O=c1ccc(-c2nncn2C2CC2)n[nH]1. The van der Waals surface area contributed by atoms with Crippen molar-refractivity contribution in [2.45, 2.75) is 18.9 Å².